The Morgan fingerprint density at radius 1 is 1.00 bits per heavy atom. The largest absolute Gasteiger partial charge is 0.493 e. The number of rotatable bonds is 10. The molecule has 0 unspecified atom stereocenters. The van der Waals surface area contributed by atoms with Crippen LogP contribution in [0.2, 0.25) is 0 Å². The van der Waals surface area contributed by atoms with E-state index in [9.17, 15) is 17.5 Å². The van der Waals surface area contributed by atoms with Gasteiger partial charge in [-0.25, -0.2) is 21.9 Å². The van der Waals surface area contributed by atoms with E-state index in [0.29, 0.717) is 24.3 Å². The molecule has 0 aliphatic heterocycles. The van der Waals surface area contributed by atoms with Gasteiger partial charge >= 0.3 is 7.68 Å². The summed E-state index contributed by atoms with van der Waals surface area (Å²) in [5.41, 5.74) is 7.27. The second-order valence-electron chi connectivity index (χ2n) is 8.04. The molecule has 0 heterocycles. The van der Waals surface area contributed by atoms with Crippen LogP contribution in [-0.4, -0.2) is 26.1 Å². The number of ether oxygens (including phenoxy) is 1. The number of nitrogen functional groups attached to an aromatic ring is 1. The van der Waals surface area contributed by atoms with E-state index in [1.807, 2.05) is 12.1 Å². The molecule has 0 saturated carbocycles. The van der Waals surface area contributed by atoms with Gasteiger partial charge < -0.3 is 10.5 Å². The van der Waals surface area contributed by atoms with Gasteiger partial charge in [-0.3, -0.25) is 5.41 Å². The Labute approximate surface area is 199 Å². The molecule has 0 aliphatic rings. The van der Waals surface area contributed by atoms with Gasteiger partial charge in [0.15, 0.2) is 5.28 Å². The van der Waals surface area contributed by atoms with Gasteiger partial charge in [0.25, 0.3) is 10.0 Å². The number of nitrogens with one attached hydrogen (secondary N) is 1. The maximum atomic E-state index is 13.5. The van der Waals surface area contributed by atoms with Crippen LogP contribution in [0, 0.1) is 5.41 Å². The molecule has 0 atom stereocenters. The third kappa shape index (κ3) is 5.55. The van der Waals surface area contributed by atoms with Gasteiger partial charge in [0, 0.05) is 18.1 Å². The molecule has 0 radical (unpaired) electrons. The zero-order valence-corrected chi connectivity index (χ0v) is 20.6. The summed E-state index contributed by atoms with van der Waals surface area (Å²) in [6.45, 7) is 3.00. The molecule has 0 saturated heterocycles. The highest BCUT2D eigenvalue weighted by Gasteiger charge is 2.42. The van der Waals surface area contributed by atoms with Crippen LogP contribution < -0.4 is 14.8 Å². The van der Waals surface area contributed by atoms with E-state index < -0.39 is 23.0 Å². The molecule has 10 heteroatoms. The van der Waals surface area contributed by atoms with Gasteiger partial charge in [0.05, 0.1) is 17.2 Å². The summed E-state index contributed by atoms with van der Waals surface area (Å²) in [7, 11) is -7.32. The minimum atomic E-state index is -4.18. The van der Waals surface area contributed by atoms with Crippen LogP contribution in [-0.2, 0) is 25.6 Å². The predicted molar refractivity (Wildman–Crippen MR) is 132 cm³/mol. The summed E-state index contributed by atoms with van der Waals surface area (Å²) in [4.78, 5) is -0.0137. The van der Waals surface area contributed by atoms with E-state index in [1.165, 1.54) is 38.1 Å². The normalized spacial score (nSPS) is 11.6. The number of nitrogens with zero attached hydrogens (tertiary/aromatic N) is 1. The highest BCUT2D eigenvalue weighted by atomic mass is 32.2. The molecule has 3 rings (SSSR count). The van der Waals surface area contributed by atoms with Crippen molar-refractivity contribution in [3.05, 3.63) is 90.0 Å². The van der Waals surface area contributed by atoms with Crippen LogP contribution in [0.25, 0.3) is 0 Å². The first kappa shape index (κ1) is 25.2. The third-order valence-corrected chi connectivity index (χ3v) is 8.45. The van der Waals surface area contributed by atoms with Crippen LogP contribution in [0.15, 0.2) is 83.8 Å². The lowest BCUT2D eigenvalue weighted by molar-refractivity contribution is 0.322. The second-order valence-corrected chi connectivity index (χ2v) is 11.4. The summed E-state index contributed by atoms with van der Waals surface area (Å²) in [6, 6.07) is 21.3. The maximum Gasteiger partial charge on any atom is 0.342 e. The molecular formula is C24H26N3O5PS. The Hall–Kier alpha value is -3.42. The second kappa shape index (κ2) is 10.2. The number of benzene rings is 3. The number of hydrogen-bond acceptors (Lipinski definition) is 6. The lowest BCUT2D eigenvalue weighted by Gasteiger charge is -2.34. The average molecular weight is 500 g/mol. The molecule has 3 aromatic rings. The van der Waals surface area contributed by atoms with Crippen molar-refractivity contribution in [3.63, 3.8) is 0 Å². The molecule has 0 amide bonds. The maximum absolute atomic E-state index is 13.5. The Bertz CT molecular complexity index is 1330. The minimum Gasteiger partial charge on any atom is -0.493 e. The summed E-state index contributed by atoms with van der Waals surface area (Å²) >= 11 is 0. The fraction of sp³-hybridized carbons (Fsp3) is 0.208. The Morgan fingerprint density at radius 2 is 1.65 bits per heavy atom. The molecule has 0 aliphatic carbocycles. The van der Waals surface area contributed by atoms with Crippen molar-refractivity contribution in [2.75, 3.05) is 10.9 Å². The molecule has 178 valence electrons. The standard InChI is InChI=1S/C24H26N3O5PS/c1-24(2,33(28)29)27(34(30,31)22-9-4-3-5-10-22)20-7-6-8-21(17-20)32-16-15-18-11-13-19(14-12-18)23(25)26/h3-14,17H,15-16H2,1-2H3,(H3,25,26). The zero-order chi connectivity index (χ0) is 24.9. The molecular weight excluding hydrogens is 473 g/mol. The fourth-order valence-corrected chi connectivity index (χ4v) is 5.84. The first-order valence-corrected chi connectivity index (χ1v) is 13.1. The minimum absolute atomic E-state index is 0.00243. The average Bonchev–Trinajstić information content (AvgIpc) is 2.80. The first-order valence-electron chi connectivity index (χ1n) is 10.4. The van der Waals surface area contributed by atoms with Gasteiger partial charge in [0.1, 0.15) is 11.6 Å². The third-order valence-electron chi connectivity index (χ3n) is 5.20. The number of anilines is 1. The fourth-order valence-electron chi connectivity index (χ4n) is 3.36. The number of hydrogen-bond donors (Lipinski definition) is 2. The molecule has 0 bridgehead atoms. The van der Waals surface area contributed by atoms with Gasteiger partial charge in [-0.15, -0.1) is 0 Å². The van der Waals surface area contributed by atoms with E-state index in [0.717, 1.165) is 9.87 Å². The van der Waals surface area contributed by atoms with E-state index >= 15 is 0 Å². The van der Waals surface area contributed by atoms with Gasteiger partial charge in [-0.05, 0) is 43.7 Å². The van der Waals surface area contributed by atoms with Crippen molar-refractivity contribution in [2.24, 2.45) is 5.73 Å². The van der Waals surface area contributed by atoms with Crippen LogP contribution in [0.4, 0.5) is 5.69 Å². The summed E-state index contributed by atoms with van der Waals surface area (Å²) in [5.74, 6) is 0.403. The van der Waals surface area contributed by atoms with Crippen LogP contribution in [0.5, 0.6) is 5.75 Å². The van der Waals surface area contributed by atoms with E-state index in [2.05, 4.69) is 0 Å². The van der Waals surface area contributed by atoms with E-state index in [4.69, 9.17) is 15.9 Å². The molecule has 0 aromatic heterocycles. The SMILES string of the molecule is CC(C)(N(c1cccc(OCCc2ccc(C(=N)N)cc2)c1)S(=O)(=O)c1ccccc1)P(=O)=O. The molecule has 34 heavy (non-hydrogen) atoms. The topological polar surface area (TPSA) is 131 Å². The van der Waals surface area contributed by atoms with Gasteiger partial charge in [0.2, 0.25) is 0 Å². The molecule has 0 spiro atoms. The lowest BCUT2D eigenvalue weighted by Crippen LogP contribution is -2.44. The molecule has 0 fully saturated rings. The molecule has 3 aromatic carbocycles. The zero-order valence-electron chi connectivity index (χ0n) is 18.8. The lowest BCUT2D eigenvalue weighted by atomic mass is 10.1. The van der Waals surface area contributed by atoms with Crippen molar-refractivity contribution < 1.29 is 22.3 Å². The summed E-state index contributed by atoms with van der Waals surface area (Å²) in [5, 5.41) is 5.73. The van der Waals surface area contributed by atoms with Crippen LogP contribution in [0.1, 0.15) is 25.0 Å². The van der Waals surface area contributed by atoms with Crippen molar-refractivity contribution in [2.45, 2.75) is 30.4 Å². The quantitative estimate of drug-likeness (QED) is 0.236. The smallest absolute Gasteiger partial charge is 0.342 e. The Balaban J connectivity index is 1.87. The number of sulfonamides is 1. The van der Waals surface area contributed by atoms with Crippen molar-refractivity contribution in [1.29, 1.82) is 5.41 Å². The molecule has 3 N–H and O–H groups in total. The predicted octanol–water partition coefficient (Wildman–Crippen LogP) is 4.70. The highest BCUT2D eigenvalue weighted by molar-refractivity contribution is 7.93. The monoisotopic (exact) mass is 499 g/mol. The van der Waals surface area contributed by atoms with Crippen molar-refractivity contribution in [3.8, 4) is 5.75 Å². The van der Waals surface area contributed by atoms with Crippen LogP contribution in [0.3, 0.4) is 0 Å². The Kier molecular flexibility index (Phi) is 7.59. The van der Waals surface area contributed by atoms with Gasteiger partial charge in [-0.2, -0.15) is 0 Å². The molecule has 8 nitrogen and oxygen atoms in total. The van der Waals surface area contributed by atoms with E-state index in [1.54, 1.807) is 42.5 Å². The number of amidine groups is 1. The van der Waals surface area contributed by atoms with Crippen molar-refractivity contribution >= 4 is 29.2 Å². The van der Waals surface area contributed by atoms with E-state index in [-0.39, 0.29) is 16.4 Å². The first-order chi connectivity index (χ1) is 16.0. The van der Waals surface area contributed by atoms with Crippen LogP contribution >= 0.6 is 7.68 Å². The summed E-state index contributed by atoms with van der Waals surface area (Å²) in [6.07, 6.45) is 0.576. The highest BCUT2D eigenvalue weighted by Crippen LogP contribution is 2.41. The Morgan fingerprint density at radius 3 is 2.24 bits per heavy atom. The van der Waals surface area contributed by atoms with Gasteiger partial charge in [-0.1, -0.05) is 48.5 Å². The number of nitrogens with two attached hydrogens (primary N) is 1. The van der Waals surface area contributed by atoms with Crippen molar-refractivity contribution in [1.82, 2.24) is 0 Å². The summed E-state index contributed by atoms with van der Waals surface area (Å²) < 4.78 is 57.8.